The number of nitrogens with zero attached hydrogens (tertiary/aromatic N) is 4. The van der Waals surface area contributed by atoms with Crippen LogP contribution in [0.3, 0.4) is 0 Å². The molecule has 130 valence electrons. The third-order valence-electron chi connectivity index (χ3n) is 5.74. The quantitative estimate of drug-likeness (QED) is 0.598. The Morgan fingerprint density at radius 3 is 1.36 bits per heavy atom. The molecule has 0 amide bonds. The van der Waals surface area contributed by atoms with Gasteiger partial charge in [0.1, 0.15) is 11.0 Å². The Bertz CT molecular complexity index is 996. The normalized spacial score (nSPS) is 11.8. The average molecular weight is 335 g/mol. The Morgan fingerprint density at radius 2 is 0.840 bits per heavy atom. The van der Waals surface area contributed by atoms with E-state index in [1.807, 2.05) is 6.92 Å². The fourth-order valence-electron chi connectivity index (χ4n) is 3.38. The van der Waals surface area contributed by atoms with Crippen LogP contribution in [0.4, 0.5) is 11.4 Å². The maximum absolute atomic E-state index is 4.66. The van der Waals surface area contributed by atoms with Gasteiger partial charge in [-0.2, -0.15) is 15.4 Å². The van der Waals surface area contributed by atoms with Crippen LogP contribution in [-0.4, -0.2) is 15.4 Å². The van der Waals surface area contributed by atoms with Crippen molar-refractivity contribution < 1.29 is 0 Å². The highest BCUT2D eigenvalue weighted by atomic mass is 15.3. The van der Waals surface area contributed by atoms with Crippen LogP contribution in [0.5, 0.6) is 0 Å². The fraction of sp³-hybridized carbons (Fsp3) is 0.400. The van der Waals surface area contributed by atoms with Gasteiger partial charge in [0, 0.05) is 5.56 Å². The molecule has 2 aromatic carbocycles. The van der Waals surface area contributed by atoms with Crippen LogP contribution in [-0.2, 0) is 0 Å². The van der Waals surface area contributed by atoms with Crippen LogP contribution in [0.15, 0.2) is 10.2 Å². The van der Waals surface area contributed by atoms with Crippen molar-refractivity contribution in [2.24, 2.45) is 10.2 Å². The molecule has 0 bridgehead atoms. The van der Waals surface area contributed by atoms with Gasteiger partial charge in [-0.05, 0) is 94.3 Å². The summed E-state index contributed by atoms with van der Waals surface area (Å²) in [4.78, 5) is 0. The molecular weight excluding hydrogens is 310 g/mol. The minimum Gasteiger partial charge on any atom is -0.197 e. The molecule has 0 saturated carbocycles. The number of benzene rings is 2. The molecule has 0 radical (unpaired) electrons. The first-order valence-corrected chi connectivity index (χ1v) is 8.54. The molecular formula is C20H25N5. The van der Waals surface area contributed by atoms with Crippen LogP contribution < -0.4 is 0 Å². The Labute approximate surface area is 148 Å². The summed E-state index contributed by atoms with van der Waals surface area (Å²) in [6.45, 7) is 16.9. The van der Waals surface area contributed by atoms with Gasteiger partial charge in [0.05, 0.1) is 11.4 Å². The van der Waals surface area contributed by atoms with E-state index in [4.69, 9.17) is 0 Å². The summed E-state index contributed by atoms with van der Waals surface area (Å²) in [6, 6.07) is 0. The zero-order valence-corrected chi connectivity index (χ0v) is 16.3. The van der Waals surface area contributed by atoms with Crippen molar-refractivity contribution >= 4 is 22.4 Å². The summed E-state index contributed by atoms with van der Waals surface area (Å²) < 4.78 is 0. The van der Waals surface area contributed by atoms with E-state index in [9.17, 15) is 0 Å². The Morgan fingerprint density at radius 1 is 0.480 bits per heavy atom. The van der Waals surface area contributed by atoms with E-state index < -0.39 is 0 Å². The minimum absolute atomic E-state index is 0.863. The second-order valence-corrected chi connectivity index (χ2v) is 6.92. The number of aromatic nitrogens is 3. The molecule has 3 aromatic rings. The number of nitrogens with one attached hydrogen (secondary N) is 1. The molecule has 1 heterocycles. The Balaban J connectivity index is 2.21. The summed E-state index contributed by atoms with van der Waals surface area (Å²) in [5.41, 5.74) is 13.1. The fourth-order valence-corrected chi connectivity index (χ4v) is 3.38. The molecule has 0 aliphatic rings. The molecule has 0 spiro atoms. The second-order valence-electron chi connectivity index (χ2n) is 6.92. The van der Waals surface area contributed by atoms with Gasteiger partial charge < -0.3 is 0 Å². The van der Waals surface area contributed by atoms with Crippen LogP contribution >= 0.6 is 0 Å². The number of H-pyrrole nitrogens is 1. The number of fused-ring (bicyclic) bond motifs is 1. The lowest BCUT2D eigenvalue weighted by molar-refractivity contribution is 0.957. The van der Waals surface area contributed by atoms with Gasteiger partial charge in [-0.25, -0.2) is 0 Å². The molecule has 0 aliphatic carbocycles. The standard InChI is InChI=1S/C20H25N5/c1-9-10(2)12(4)17(13(5)11(9)3)21-22-18-14(6)15(7)19-20(16(18)8)24-25-23-19/h1-8H3,(H,23,24,25). The van der Waals surface area contributed by atoms with Gasteiger partial charge in [0.2, 0.25) is 0 Å². The third-order valence-corrected chi connectivity index (χ3v) is 5.74. The Hall–Kier alpha value is -2.56. The number of aromatic amines is 1. The summed E-state index contributed by atoms with van der Waals surface area (Å²) in [6.07, 6.45) is 0. The molecule has 5 nitrogen and oxygen atoms in total. The van der Waals surface area contributed by atoms with Crippen molar-refractivity contribution in [2.75, 3.05) is 0 Å². The smallest absolute Gasteiger partial charge is 0.118 e. The number of rotatable bonds is 2. The van der Waals surface area contributed by atoms with Crippen LogP contribution in [0.1, 0.15) is 44.5 Å². The first kappa shape index (κ1) is 17.3. The second kappa shape index (κ2) is 6.06. The van der Waals surface area contributed by atoms with E-state index in [0.29, 0.717) is 0 Å². The summed E-state index contributed by atoms with van der Waals surface area (Å²) in [5.74, 6) is 0. The zero-order valence-electron chi connectivity index (χ0n) is 16.3. The van der Waals surface area contributed by atoms with Gasteiger partial charge in [-0.3, -0.25) is 0 Å². The van der Waals surface area contributed by atoms with E-state index in [0.717, 1.165) is 39.1 Å². The number of hydrogen-bond donors (Lipinski definition) is 1. The highest BCUT2D eigenvalue weighted by Crippen LogP contribution is 2.37. The lowest BCUT2D eigenvalue weighted by Crippen LogP contribution is -1.95. The average Bonchev–Trinajstić information content (AvgIpc) is 3.09. The molecule has 0 atom stereocenters. The van der Waals surface area contributed by atoms with E-state index in [1.165, 1.54) is 27.8 Å². The molecule has 3 rings (SSSR count). The Kier molecular flexibility index (Phi) is 4.19. The van der Waals surface area contributed by atoms with E-state index in [1.54, 1.807) is 0 Å². The lowest BCUT2D eigenvalue weighted by atomic mass is 9.93. The predicted molar refractivity (Wildman–Crippen MR) is 102 cm³/mol. The minimum atomic E-state index is 0.863. The van der Waals surface area contributed by atoms with Crippen LogP contribution in [0.25, 0.3) is 11.0 Å². The summed E-state index contributed by atoms with van der Waals surface area (Å²) in [7, 11) is 0. The molecule has 0 fully saturated rings. The molecule has 25 heavy (non-hydrogen) atoms. The van der Waals surface area contributed by atoms with Crippen molar-refractivity contribution in [3.63, 3.8) is 0 Å². The van der Waals surface area contributed by atoms with Gasteiger partial charge in [0.15, 0.2) is 0 Å². The number of azo groups is 1. The SMILES string of the molecule is Cc1c(C)c(C)c(N=Nc2c(C)c(C)c3n[nH]nc3c2C)c(C)c1C. The van der Waals surface area contributed by atoms with Gasteiger partial charge >= 0.3 is 0 Å². The first-order valence-electron chi connectivity index (χ1n) is 8.54. The molecule has 5 heteroatoms. The van der Waals surface area contributed by atoms with E-state index in [2.05, 4.69) is 74.1 Å². The highest BCUT2D eigenvalue weighted by molar-refractivity contribution is 5.87. The van der Waals surface area contributed by atoms with Crippen molar-refractivity contribution in [2.45, 2.75) is 55.4 Å². The van der Waals surface area contributed by atoms with Crippen LogP contribution in [0.2, 0.25) is 0 Å². The van der Waals surface area contributed by atoms with E-state index in [-0.39, 0.29) is 0 Å². The van der Waals surface area contributed by atoms with Gasteiger partial charge in [-0.1, -0.05) is 0 Å². The van der Waals surface area contributed by atoms with Gasteiger partial charge in [0.25, 0.3) is 0 Å². The molecule has 0 aliphatic heterocycles. The van der Waals surface area contributed by atoms with E-state index >= 15 is 0 Å². The summed E-state index contributed by atoms with van der Waals surface area (Å²) >= 11 is 0. The topological polar surface area (TPSA) is 66.3 Å². The summed E-state index contributed by atoms with van der Waals surface area (Å²) in [5, 5.41) is 20.5. The van der Waals surface area contributed by atoms with Crippen LogP contribution in [0, 0.1) is 55.4 Å². The van der Waals surface area contributed by atoms with Crippen molar-refractivity contribution in [1.82, 2.24) is 15.4 Å². The number of hydrogen-bond acceptors (Lipinski definition) is 4. The predicted octanol–water partition coefficient (Wildman–Crippen LogP) is 5.84. The van der Waals surface area contributed by atoms with Crippen molar-refractivity contribution in [1.29, 1.82) is 0 Å². The third kappa shape index (κ3) is 2.54. The maximum Gasteiger partial charge on any atom is 0.118 e. The molecule has 1 N–H and O–H groups in total. The first-order chi connectivity index (χ1) is 11.8. The van der Waals surface area contributed by atoms with Crippen molar-refractivity contribution in [3.8, 4) is 0 Å². The highest BCUT2D eigenvalue weighted by Gasteiger charge is 2.16. The molecule has 0 unspecified atom stereocenters. The number of aryl methyl sites for hydroxylation is 2. The maximum atomic E-state index is 4.66. The largest absolute Gasteiger partial charge is 0.197 e. The van der Waals surface area contributed by atoms with Crippen molar-refractivity contribution in [3.05, 3.63) is 44.5 Å². The molecule has 1 aromatic heterocycles. The zero-order chi connectivity index (χ0) is 18.5. The monoisotopic (exact) mass is 335 g/mol. The lowest BCUT2D eigenvalue weighted by Gasteiger charge is -2.15. The van der Waals surface area contributed by atoms with Gasteiger partial charge in [-0.15, -0.1) is 10.2 Å². The molecule has 0 saturated heterocycles.